The van der Waals surface area contributed by atoms with Gasteiger partial charge >= 0.3 is 0 Å². The van der Waals surface area contributed by atoms with Gasteiger partial charge < -0.3 is 10.1 Å². The minimum absolute atomic E-state index is 0.0790. The average molecular weight is 366 g/mol. The summed E-state index contributed by atoms with van der Waals surface area (Å²) in [5, 5.41) is 4.22. The van der Waals surface area contributed by atoms with Crippen LogP contribution in [0.4, 0.5) is 5.69 Å². The zero-order valence-electron chi connectivity index (χ0n) is 14.5. The number of ether oxygens (including phenoxy) is 1. The number of pyridine rings is 1. The second-order valence-corrected chi connectivity index (χ2v) is 6.99. The molecule has 1 N–H and O–H groups in total. The first-order valence-electron chi connectivity index (χ1n) is 8.28. The third-order valence-electron chi connectivity index (χ3n) is 4.22. The van der Waals surface area contributed by atoms with Crippen molar-refractivity contribution in [3.8, 4) is 5.69 Å². The molecule has 0 aliphatic carbocycles. The van der Waals surface area contributed by atoms with Crippen molar-refractivity contribution in [3.63, 3.8) is 0 Å². The first kappa shape index (κ1) is 16.7. The fourth-order valence-corrected chi connectivity index (χ4v) is 3.93. The van der Waals surface area contributed by atoms with E-state index in [0.717, 1.165) is 27.2 Å². The summed E-state index contributed by atoms with van der Waals surface area (Å²) >= 11 is 1.38. The largest absolute Gasteiger partial charge is 0.383 e. The molecule has 0 bridgehead atoms. The van der Waals surface area contributed by atoms with E-state index < -0.39 is 0 Å². The van der Waals surface area contributed by atoms with Gasteiger partial charge in [0, 0.05) is 25.5 Å². The van der Waals surface area contributed by atoms with Crippen molar-refractivity contribution < 1.29 is 4.74 Å². The maximum atomic E-state index is 13.0. The molecule has 1 aromatic carbocycles. The zero-order chi connectivity index (χ0) is 18.1. The normalized spacial score (nSPS) is 11.3. The molecule has 4 aromatic rings. The molecule has 0 unspecified atom stereocenters. The Bertz CT molecular complexity index is 1130. The molecule has 0 saturated carbocycles. The molecule has 0 atom stereocenters. The SMILES string of the molecule is COCCNc1ccnc2sc3c(=O)n(-c4ccc(C)cc4)cnc3c12. The fourth-order valence-electron chi connectivity index (χ4n) is 2.88. The zero-order valence-corrected chi connectivity index (χ0v) is 15.3. The van der Waals surface area contributed by atoms with E-state index >= 15 is 0 Å². The van der Waals surface area contributed by atoms with Gasteiger partial charge in [-0.15, -0.1) is 11.3 Å². The molecule has 0 aliphatic rings. The van der Waals surface area contributed by atoms with Crippen LogP contribution in [-0.2, 0) is 4.74 Å². The molecule has 0 saturated heterocycles. The number of thiophene rings is 1. The van der Waals surface area contributed by atoms with Crippen LogP contribution < -0.4 is 10.9 Å². The van der Waals surface area contributed by atoms with E-state index in [0.29, 0.717) is 23.4 Å². The average Bonchev–Trinajstić information content (AvgIpc) is 3.04. The maximum absolute atomic E-state index is 13.0. The highest BCUT2D eigenvalue weighted by Crippen LogP contribution is 2.34. The number of fused-ring (bicyclic) bond motifs is 3. The Morgan fingerprint density at radius 1 is 1.19 bits per heavy atom. The minimum atomic E-state index is -0.0790. The number of rotatable bonds is 5. The molecule has 0 amide bonds. The number of aryl methyl sites for hydroxylation is 1. The number of nitrogens with zero attached hydrogens (tertiary/aromatic N) is 3. The molecule has 4 rings (SSSR count). The summed E-state index contributed by atoms with van der Waals surface area (Å²) in [4.78, 5) is 22.8. The molecule has 0 aliphatic heterocycles. The Balaban J connectivity index is 1.88. The van der Waals surface area contributed by atoms with Gasteiger partial charge in [0.25, 0.3) is 5.56 Å². The summed E-state index contributed by atoms with van der Waals surface area (Å²) in [5.74, 6) is 0. The van der Waals surface area contributed by atoms with Crippen LogP contribution in [0.25, 0.3) is 26.1 Å². The molecule has 0 spiro atoms. The van der Waals surface area contributed by atoms with Gasteiger partial charge in [-0.2, -0.15) is 0 Å². The van der Waals surface area contributed by atoms with E-state index in [1.54, 1.807) is 24.2 Å². The van der Waals surface area contributed by atoms with Crippen molar-refractivity contribution in [2.24, 2.45) is 0 Å². The van der Waals surface area contributed by atoms with Crippen LogP contribution in [0.15, 0.2) is 47.7 Å². The lowest BCUT2D eigenvalue weighted by molar-refractivity contribution is 0.211. The van der Waals surface area contributed by atoms with E-state index in [1.807, 2.05) is 37.3 Å². The lowest BCUT2D eigenvalue weighted by Crippen LogP contribution is -2.17. The van der Waals surface area contributed by atoms with Crippen LogP contribution in [0.1, 0.15) is 5.56 Å². The number of benzene rings is 1. The van der Waals surface area contributed by atoms with Gasteiger partial charge in [-0.25, -0.2) is 9.97 Å². The maximum Gasteiger partial charge on any atom is 0.275 e. The molecule has 7 heteroatoms. The standard InChI is InChI=1S/C19H18N4O2S/c1-12-3-5-13(6-4-12)23-11-22-16-15-14(20-9-10-25-2)7-8-21-18(15)26-17(16)19(23)24/h3-8,11H,9-10H2,1-2H3,(H,20,21). The Hall–Kier alpha value is -2.77. The Morgan fingerprint density at radius 3 is 2.77 bits per heavy atom. The monoisotopic (exact) mass is 366 g/mol. The number of methoxy groups -OCH3 is 1. The number of nitrogens with one attached hydrogen (secondary N) is 1. The predicted octanol–water partition coefficient (Wildman–Crippen LogP) is 3.36. The van der Waals surface area contributed by atoms with Crippen LogP contribution in [-0.4, -0.2) is 34.8 Å². The van der Waals surface area contributed by atoms with E-state index in [1.165, 1.54) is 11.3 Å². The Kier molecular flexibility index (Phi) is 4.40. The van der Waals surface area contributed by atoms with Crippen molar-refractivity contribution in [2.45, 2.75) is 6.92 Å². The van der Waals surface area contributed by atoms with Gasteiger partial charge in [0.2, 0.25) is 0 Å². The summed E-state index contributed by atoms with van der Waals surface area (Å²) in [6.45, 7) is 3.29. The fraction of sp³-hybridized carbons (Fsp3) is 0.211. The highest BCUT2D eigenvalue weighted by Gasteiger charge is 2.16. The highest BCUT2D eigenvalue weighted by molar-refractivity contribution is 7.25. The topological polar surface area (TPSA) is 69.0 Å². The first-order valence-corrected chi connectivity index (χ1v) is 9.09. The van der Waals surface area contributed by atoms with Gasteiger partial charge in [0.1, 0.15) is 15.9 Å². The molecule has 0 fully saturated rings. The summed E-state index contributed by atoms with van der Waals surface area (Å²) in [7, 11) is 1.67. The summed E-state index contributed by atoms with van der Waals surface area (Å²) < 4.78 is 7.28. The second kappa shape index (κ2) is 6.86. The Morgan fingerprint density at radius 2 is 2.00 bits per heavy atom. The van der Waals surface area contributed by atoms with Crippen LogP contribution in [0.2, 0.25) is 0 Å². The molecule has 3 aromatic heterocycles. The summed E-state index contributed by atoms with van der Waals surface area (Å²) in [6.07, 6.45) is 3.33. The highest BCUT2D eigenvalue weighted by atomic mass is 32.1. The third-order valence-corrected chi connectivity index (χ3v) is 5.29. The van der Waals surface area contributed by atoms with E-state index in [4.69, 9.17) is 4.74 Å². The molecule has 26 heavy (non-hydrogen) atoms. The minimum Gasteiger partial charge on any atom is -0.383 e. The van der Waals surface area contributed by atoms with Crippen LogP contribution in [0.3, 0.4) is 0 Å². The van der Waals surface area contributed by atoms with Crippen molar-refractivity contribution in [3.05, 3.63) is 58.8 Å². The smallest absolute Gasteiger partial charge is 0.275 e. The van der Waals surface area contributed by atoms with Crippen LogP contribution >= 0.6 is 11.3 Å². The van der Waals surface area contributed by atoms with Gasteiger partial charge in [0.15, 0.2) is 0 Å². The second-order valence-electron chi connectivity index (χ2n) is 5.99. The third kappa shape index (κ3) is 2.85. The lowest BCUT2D eigenvalue weighted by atomic mass is 10.2. The van der Waals surface area contributed by atoms with E-state index in [-0.39, 0.29) is 5.56 Å². The molecule has 0 radical (unpaired) electrons. The van der Waals surface area contributed by atoms with Gasteiger partial charge in [0.05, 0.1) is 23.2 Å². The van der Waals surface area contributed by atoms with Crippen molar-refractivity contribution in [1.82, 2.24) is 14.5 Å². The predicted molar refractivity (Wildman–Crippen MR) is 106 cm³/mol. The first-order chi connectivity index (χ1) is 12.7. The molecular weight excluding hydrogens is 348 g/mol. The molecule has 132 valence electrons. The number of hydrogen-bond donors (Lipinski definition) is 1. The lowest BCUT2D eigenvalue weighted by Gasteiger charge is -2.07. The quantitative estimate of drug-likeness (QED) is 0.549. The van der Waals surface area contributed by atoms with Crippen LogP contribution in [0, 0.1) is 6.92 Å². The van der Waals surface area contributed by atoms with Crippen molar-refractivity contribution in [2.75, 3.05) is 25.6 Å². The van der Waals surface area contributed by atoms with Gasteiger partial charge in [-0.05, 0) is 25.1 Å². The number of aromatic nitrogens is 3. The number of hydrogen-bond acceptors (Lipinski definition) is 6. The summed E-state index contributed by atoms with van der Waals surface area (Å²) in [6, 6.07) is 9.71. The Labute approximate surface area is 154 Å². The molecule has 3 heterocycles. The number of anilines is 1. The van der Waals surface area contributed by atoms with E-state index in [9.17, 15) is 4.79 Å². The molecular formula is C19H18N4O2S. The van der Waals surface area contributed by atoms with Crippen molar-refractivity contribution in [1.29, 1.82) is 0 Å². The van der Waals surface area contributed by atoms with Crippen LogP contribution in [0.5, 0.6) is 0 Å². The van der Waals surface area contributed by atoms with Gasteiger partial charge in [-0.3, -0.25) is 9.36 Å². The van der Waals surface area contributed by atoms with E-state index in [2.05, 4.69) is 15.3 Å². The molecule has 6 nitrogen and oxygen atoms in total. The summed E-state index contributed by atoms with van der Waals surface area (Å²) in [5.41, 5.74) is 3.47. The van der Waals surface area contributed by atoms with Gasteiger partial charge in [-0.1, -0.05) is 17.7 Å². The van der Waals surface area contributed by atoms with Crippen molar-refractivity contribution >= 4 is 37.5 Å².